The normalized spacial score (nSPS) is 16.5. The van der Waals surface area contributed by atoms with E-state index in [1.807, 2.05) is 6.92 Å². The van der Waals surface area contributed by atoms with Gasteiger partial charge in [0.2, 0.25) is 5.91 Å². The van der Waals surface area contributed by atoms with E-state index in [-0.39, 0.29) is 25.0 Å². The highest BCUT2D eigenvalue weighted by molar-refractivity contribution is 7.99. The molecule has 1 aromatic heterocycles. The third-order valence-electron chi connectivity index (χ3n) is 5.29. The van der Waals surface area contributed by atoms with Crippen LogP contribution in [0.5, 0.6) is 0 Å². The molecular formula is C22H25FN4O3S. The van der Waals surface area contributed by atoms with Gasteiger partial charge in [-0.15, -0.1) is 0 Å². The fourth-order valence-electron chi connectivity index (χ4n) is 3.64. The first-order valence-corrected chi connectivity index (χ1v) is 11.2. The van der Waals surface area contributed by atoms with Gasteiger partial charge in [0.25, 0.3) is 0 Å². The van der Waals surface area contributed by atoms with E-state index in [4.69, 9.17) is 4.74 Å². The van der Waals surface area contributed by atoms with Crippen LogP contribution in [0, 0.1) is 31.0 Å². The standard InChI is InChI=1S/C22H25FN4O3S/c1-4-30-22(29)19-13-31-9-8-26(19)12-20(28)25-21-18(11-24)14(2)15(3)27(21)17-7-5-6-16(23)10-17/h5-7,10,19H,4,8-9,12-13H2,1-3H3,(H,25,28). The number of nitrogens with one attached hydrogen (secondary N) is 1. The second-order valence-corrected chi connectivity index (χ2v) is 8.37. The second kappa shape index (κ2) is 9.98. The number of nitriles is 1. The zero-order valence-electron chi connectivity index (χ0n) is 17.8. The number of amides is 1. The summed E-state index contributed by atoms with van der Waals surface area (Å²) in [4.78, 5) is 27.0. The van der Waals surface area contributed by atoms with Gasteiger partial charge in [-0.1, -0.05) is 6.07 Å². The van der Waals surface area contributed by atoms with E-state index in [0.29, 0.717) is 34.9 Å². The molecule has 1 fully saturated rings. The van der Waals surface area contributed by atoms with Gasteiger partial charge < -0.3 is 10.1 Å². The summed E-state index contributed by atoms with van der Waals surface area (Å²) in [6.07, 6.45) is 0. The Hall–Kier alpha value is -2.83. The van der Waals surface area contributed by atoms with Crippen molar-refractivity contribution in [1.82, 2.24) is 9.47 Å². The molecule has 1 aliphatic heterocycles. The van der Waals surface area contributed by atoms with E-state index in [1.165, 1.54) is 12.1 Å². The topological polar surface area (TPSA) is 87.4 Å². The Labute approximate surface area is 185 Å². The van der Waals surface area contributed by atoms with Gasteiger partial charge in [0.1, 0.15) is 23.7 Å². The number of thioether (sulfide) groups is 1. The summed E-state index contributed by atoms with van der Waals surface area (Å²) < 4.78 is 20.7. The van der Waals surface area contributed by atoms with Crippen molar-refractivity contribution in [1.29, 1.82) is 5.26 Å². The Morgan fingerprint density at radius 1 is 1.39 bits per heavy atom. The Kier molecular flexibility index (Phi) is 7.36. The first-order valence-electron chi connectivity index (χ1n) is 10.0. The summed E-state index contributed by atoms with van der Waals surface area (Å²) in [5.74, 6) is 0.565. The minimum atomic E-state index is -0.488. The summed E-state index contributed by atoms with van der Waals surface area (Å²) in [7, 11) is 0. The van der Waals surface area contributed by atoms with Crippen molar-refractivity contribution >= 4 is 29.5 Å². The van der Waals surface area contributed by atoms with Crippen molar-refractivity contribution in [3.05, 3.63) is 46.9 Å². The van der Waals surface area contributed by atoms with Gasteiger partial charge in [-0.25, -0.2) is 4.39 Å². The molecule has 1 saturated heterocycles. The summed E-state index contributed by atoms with van der Waals surface area (Å²) >= 11 is 1.65. The Morgan fingerprint density at radius 2 is 2.16 bits per heavy atom. The monoisotopic (exact) mass is 444 g/mol. The van der Waals surface area contributed by atoms with Crippen LogP contribution in [0.25, 0.3) is 5.69 Å². The third-order valence-corrected chi connectivity index (χ3v) is 6.32. The highest BCUT2D eigenvalue weighted by atomic mass is 32.2. The molecule has 1 atom stereocenters. The van der Waals surface area contributed by atoms with Crippen LogP contribution in [0.1, 0.15) is 23.7 Å². The molecule has 2 aromatic rings. The molecule has 7 nitrogen and oxygen atoms in total. The number of hydrogen-bond donors (Lipinski definition) is 1. The lowest BCUT2D eigenvalue weighted by molar-refractivity contribution is -0.148. The molecule has 0 spiro atoms. The quantitative estimate of drug-likeness (QED) is 0.689. The molecule has 3 rings (SSSR count). The van der Waals surface area contributed by atoms with Crippen molar-refractivity contribution in [2.75, 3.05) is 36.5 Å². The number of ether oxygens (including phenoxy) is 1. The van der Waals surface area contributed by atoms with Crippen LogP contribution in [0.15, 0.2) is 24.3 Å². The van der Waals surface area contributed by atoms with Crippen molar-refractivity contribution < 1.29 is 18.7 Å². The first kappa shape index (κ1) is 22.8. The van der Waals surface area contributed by atoms with E-state index in [9.17, 15) is 19.2 Å². The molecule has 1 N–H and O–H groups in total. The fraction of sp³-hybridized carbons (Fsp3) is 0.409. The van der Waals surface area contributed by atoms with Crippen LogP contribution in [0.3, 0.4) is 0 Å². The smallest absolute Gasteiger partial charge is 0.324 e. The SMILES string of the molecule is CCOC(=O)C1CSCCN1CC(=O)Nc1c(C#N)c(C)c(C)n1-c1cccc(F)c1. The number of benzene rings is 1. The van der Waals surface area contributed by atoms with Crippen LogP contribution in [0.4, 0.5) is 10.2 Å². The Bertz CT molecular complexity index is 1030. The number of carbonyl (C=O) groups is 2. The van der Waals surface area contributed by atoms with Gasteiger partial charge >= 0.3 is 5.97 Å². The Morgan fingerprint density at radius 3 is 2.84 bits per heavy atom. The van der Waals surface area contributed by atoms with Crippen LogP contribution >= 0.6 is 11.8 Å². The van der Waals surface area contributed by atoms with Crippen LogP contribution in [0.2, 0.25) is 0 Å². The highest BCUT2D eigenvalue weighted by Crippen LogP contribution is 2.30. The van der Waals surface area contributed by atoms with Crippen molar-refractivity contribution in [3.8, 4) is 11.8 Å². The lowest BCUT2D eigenvalue weighted by Crippen LogP contribution is -2.50. The zero-order valence-corrected chi connectivity index (χ0v) is 18.6. The number of hydrogen-bond acceptors (Lipinski definition) is 6. The van der Waals surface area contributed by atoms with Gasteiger partial charge in [0, 0.05) is 23.7 Å². The van der Waals surface area contributed by atoms with E-state index in [2.05, 4.69) is 11.4 Å². The average molecular weight is 445 g/mol. The number of rotatable bonds is 6. The van der Waals surface area contributed by atoms with Crippen molar-refractivity contribution in [2.45, 2.75) is 26.8 Å². The minimum Gasteiger partial charge on any atom is -0.465 e. The van der Waals surface area contributed by atoms with Gasteiger partial charge in [0.05, 0.1) is 24.4 Å². The number of nitrogens with zero attached hydrogens (tertiary/aromatic N) is 3. The van der Waals surface area contributed by atoms with Crippen LogP contribution in [-0.4, -0.2) is 58.6 Å². The Balaban J connectivity index is 1.88. The number of esters is 1. The zero-order chi connectivity index (χ0) is 22.5. The number of anilines is 1. The lowest BCUT2D eigenvalue weighted by Gasteiger charge is -2.32. The maximum Gasteiger partial charge on any atom is 0.324 e. The van der Waals surface area contributed by atoms with Gasteiger partial charge in [0.15, 0.2) is 0 Å². The molecule has 164 valence electrons. The van der Waals surface area contributed by atoms with Crippen LogP contribution < -0.4 is 5.32 Å². The van der Waals surface area contributed by atoms with Gasteiger partial charge in [-0.05, 0) is 44.5 Å². The molecule has 1 unspecified atom stereocenters. The molecule has 9 heteroatoms. The molecule has 1 aliphatic rings. The second-order valence-electron chi connectivity index (χ2n) is 7.22. The summed E-state index contributed by atoms with van der Waals surface area (Å²) in [6, 6.07) is 7.63. The predicted octanol–water partition coefficient (Wildman–Crippen LogP) is 3.02. The minimum absolute atomic E-state index is 0.0126. The summed E-state index contributed by atoms with van der Waals surface area (Å²) in [5.41, 5.74) is 2.28. The lowest BCUT2D eigenvalue weighted by atomic mass is 10.2. The van der Waals surface area contributed by atoms with E-state index >= 15 is 0 Å². The van der Waals surface area contributed by atoms with Crippen molar-refractivity contribution in [2.24, 2.45) is 0 Å². The summed E-state index contributed by atoms with van der Waals surface area (Å²) in [6.45, 7) is 6.20. The molecule has 1 amide bonds. The van der Waals surface area contributed by atoms with Gasteiger partial charge in [-0.3, -0.25) is 19.1 Å². The predicted molar refractivity (Wildman–Crippen MR) is 118 cm³/mol. The number of halogens is 1. The maximum atomic E-state index is 13.8. The van der Waals surface area contributed by atoms with Crippen molar-refractivity contribution in [3.63, 3.8) is 0 Å². The molecule has 1 aromatic carbocycles. The molecule has 0 saturated carbocycles. The van der Waals surface area contributed by atoms with E-state index in [1.54, 1.807) is 47.2 Å². The molecule has 0 aliphatic carbocycles. The maximum absolute atomic E-state index is 13.8. The fourth-order valence-corrected chi connectivity index (χ4v) is 4.74. The third kappa shape index (κ3) is 4.92. The summed E-state index contributed by atoms with van der Waals surface area (Å²) in [5, 5.41) is 12.5. The van der Waals surface area contributed by atoms with E-state index in [0.717, 1.165) is 11.4 Å². The molecular weight excluding hydrogens is 419 g/mol. The largest absolute Gasteiger partial charge is 0.465 e. The van der Waals surface area contributed by atoms with Gasteiger partial charge in [-0.2, -0.15) is 17.0 Å². The van der Waals surface area contributed by atoms with E-state index < -0.39 is 11.9 Å². The number of aromatic nitrogens is 1. The first-order chi connectivity index (χ1) is 14.9. The van der Waals surface area contributed by atoms with Crippen LogP contribution in [-0.2, 0) is 14.3 Å². The molecule has 0 bridgehead atoms. The molecule has 0 radical (unpaired) electrons. The average Bonchev–Trinajstić information content (AvgIpc) is 2.97. The molecule has 31 heavy (non-hydrogen) atoms. The molecule has 2 heterocycles. The highest BCUT2D eigenvalue weighted by Gasteiger charge is 2.32. The number of carbonyl (C=O) groups excluding carboxylic acids is 2.